The average Bonchev–Trinajstić information content (AvgIpc) is 2.18. The van der Waals surface area contributed by atoms with E-state index in [1.807, 2.05) is 25.2 Å². The minimum atomic E-state index is 0.656. The van der Waals surface area contributed by atoms with Crippen LogP contribution < -0.4 is 10.6 Å². The smallest absolute Gasteiger partial charge is 0.103 e. The summed E-state index contributed by atoms with van der Waals surface area (Å²) < 4.78 is 0.828. The highest BCUT2D eigenvalue weighted by Crippen LogP contribution is 2.23. The predicted molar refractivity (Wildman–Crippen MR) is 61.3 cm³/mol. The molecule has 3 nitrogen and oxygen atoms in total. The number of hydrogen-bond acceptors (Lipinski definition) is 3. The van der Waals surface area contributed by atoms with Gasteiger partial charge in [-0.1, -0.05) is 6.07 Å². The zero-order valence-electron chi connectivity index (χ0n) is 7.97. The lowest BCUT2D eigenvalue weighted by Crippen LogP contribution is -2.18. The fourth-order valence-corrected chi connectivity index (χ4v) is 1.56. The van der Waals surface area contributed by atoms with Crippen molar-refractivity contribution >= 4 is 21.6 Å². The molecule has 0 saturated heterocycles. The number of halogens is 1. The number of hydrogen-bond donors (Lipinski definition) is 2. The van der Waals surface area contributed by atoms with Crippen molar-refractivity contribution in [1.29, 1.82) is 5.26 Å². The Morgan fingerprint density at radius 3 is 2.86 bits per heavy atom. The van der Waals surface area contributed by atoms with Crippen LogP contribution >= 0.6 is 15.9 Å². The number of nitrogens with one attached hydrogen (secondary N) is 2. The molecule has 0 aliphatic heterocycles. The Kier molecular flexibility index (Phi) is 4.44. The molecule has 4 heteroatoms. The Balaban J connectivity index is 2.76. The normalized spacial score (nSPS) is 9.50. The zero-order chi connectivity index (χ0) is 10.4. The minimum Gasteiger partial charge on any atom is -0.383 e. The summed E-state index contributed by atoms with van der Waals surface area (Å²) in [5.74, 6) is 0. The van der Waals surface area contributed by atoms with Crippen LogP contribution in [0.1, 0.15) is 5.56 Å². The van der Waals surface area contributed by atoms with E-state index < -0.39 is 0 Å². The van der Waals surface area contributed by atoms with E-state index in [0.29, 0.717) is 5.56 Å². The van der Waals surface area contributed by atoms with E-state index in [9.17, 15) is 0 Å². The molecule has 74 valence electrons. The summed E-state index contributed by atoms with van der Waals surface area (Å²) in [5, 5.41) is 15.1. The molecule has 0 heterocycles. The highest BCUT2D eigenvalue weighted by Gasteiger charge is 2.04. The molecule has 0 fully saturated rings. The van der Waals surface area contributed by atoms with Gasteiger partial charge in [-0.05, 0) is 35.1 Å². The molecule has 0 aliphatic rings. The Morgan fingerprint density at radius 1 is 1.43 bits per heavy atom. The topological polar surface area (TPSA) is 47.8 Å². The summed E-state index contributed by atoms with van der Waals surface area (Å²) in [6.45, 7) is 1.68. The molecule has 0 aromatic heterocycles. The third kappa shape index (κ3) is 2.72. The summed E-state index contributed by atoms with van der Waals surface area (Å²) in [6, 6.07) is 7.84. The Morgan fingerprint density at radius 2 is 2.21 bits per heavy atom. The second-order valence-electron chi connectivity index (χ2n) is 2.80. The van der Waals surface area contributed by atoms with Crippen LogP contribution in [0.25, 0.3) is 0 Å². The molecule has 1 aromatic carbocycles. The summed E-state index contributed by atoms with van der Waals surface area (Å²) >= 11 is 3.34. The van der Waals surface area contributed by atoms with Gasteiger partial charge < -0.3 is 10.6 Å². The fraction of sp³-hybridized carbons (Fsp3) is 0.300. The molecule has 0 bridgehead atoms. The quantitative estimate of drug-likeness (QED) is 0.807. The van der Waals surface area contributed by atoms with Gasteiger partial charge in [-0.3, -0.25) is 0 Å². The molecule has 1 aromatic rings. The van der Waals surface area contributed by atoms with Crippen LogP contribution in [0.5, 0.6) is 0 Å². The van der Waals surface area contributed by atoms with Gasteiger partial charge in [0, 0.05) is 17.6 Å². The average molecular weight is 254 g/mol. The summed E-state index contributed by atoms with van der Waals surface area (Å²) in [7, 11) is 1.90. The molecule has 0 unspecified atom stereocenters. The monoisotopic (exact) mass is 253 g/mol. The zero-order valence-corrected chi connectivity index (χ0v) is 9.56. The lowest BCUT2D eigenvalue weighted by atomic mass is 10.2. The van der Waals surface area contributed by atoms with Crippen LogP contribution in [-0.4, -0.2) is 20.1 Å². The number of rotatable bonds is 4. The van der Waals surface area contributed by atoms with E-state index >= 15 is 0 Å². The van der Waals surface area contributed by atoms with Gasteiger partial charge in [0.25, 0.3) is 0 Å². The summed E-state index contributed by atoms with van der Waals surface area (Å²) in [6.07, 6.45) is 0. The minimum absolute atomic E-state index is 0.656. The molecular weight excluding hydrogens is 242 g/mol. The van der Waals surface area contributed by atoms with Crippen LogP contribution in [0.2, 0.25) is 0 Å². The van der Waals surface area contributed by atoms with Crippen molar-refractivity contribution in [1.82, 2.24) is 5.32 Å². The second-order valence-corrected chi connectivity index (χ2v) is 3.66. The number of anilines is 1. The van der Waals surface area contributed by atoms with Crippen LogP contribution in [0, 0.1) is 11.3 Å². The van der Waals surface area contributed by atoms with Crippen LogP contribution in [0.3, 0.4) is 0 Å². The molecule has 1 rings (SSSR count). The molecule has 14 heavy (non-hydrogen) atoms. The van der Waals surface area contributed by atoms with E-state index in [-0.39, 0.29) is 0 Å². The highest BCUT2D eigenvalue weighted by molar-refractivity contribution is 9.10. The van der Waals surface area contributed by atoms with Crippen LogP contribution in [-0.2, 0) is 0 Å². The highest BCUT2D eigenvalue weighted by atomic mass is 79.9. The first kappa shape index (κ1) is 11.0. The summed E-state index contributed by atoms with van der Waals surface area (Å²) in [4.78, 5) is 0. The molecular formula is C10H12BrN3. The van der Waals surface area contributed by atoms with E-state index in [1.165, 1.54) is 0 Å². The molecule has 0 aliphatic carbocycles. The number of benzene rings is 1. The third-order valence-corrected chi connectivity index (χ3v) is 2.48. The van der Waals surface area contributed by atoms with Crippen LogP contribution in [0.4, 0.5) is 5.69 Å². The van der Waals surface area contributed by atoms with Gasteiger partial charge in [0.2, 0.25) is 0 Å². The summed E-state index contributed by atoms with van der Waals surface area (Å²) in [5.41, 5.74) is 1.53. The first-order valence-electron chi connectivity index (χ1n) is 4.36. The van der Waals surface area contributed by atoms with Gasteiger partial charge >= 0.3 is 0 Å². The largest absolute Gasteiger partial charge is 0.383 e. The van der Waals surface area contributed by atoms with Crippen molar-refractivity contribution in [3.05, 3.63) is 28.2 Å². The Labute approximate surface area is 92.3 Å². The standard InChI is InChI=1S/C10H12BrN3/c1-13-5-6-14-10-4-2-3-9(11)8(10)7-12/h2-4,13-14H,5-6H2,1H3. The van der Waals surface area contributed by atoms with Gasteiger partial charge in [0.05, 0.1) is 11.3 Å². The van der Waals surface area contributed by atoms with Crippen molar-refractivity contribution in [3.8, 4) is 6.07 Å². The van der Waals surface area contributed by atoms with Gasteiger partial charge in [-0.15, -0.1) is 0 Å². The maximum Gasteiger partial charge on any atom is 0.103 e. The molecule has 0 atom stereocenters. The van der Waals surface area contributed by atoms with Gasteiger partial charge in [0.15, 0.2) is 0 Å². The molecule has 2 N–H and O–H groups in total. The van der Waals surface area contributed by atoms with Gasteiger partial charge in [-0.25, -0.2) is 0 Å². The lowest BCUT2D eigenvalue weighted by molar-refractivity contribution is 0.823. The maximum absolute atomic E-state index is 8.92. The van der Waals surface area contributed by atoms with E-state index in [0.717, 1.165) is 23.2 Å². The van der Waals surface area contributed by atoms with Crippen molar-refractivity contribution < 1.29 is 0 Å². The van der Waals surface area contributed by atoms with E-state index in [4.69, 9.17) is 5.26 Å². The first-order valence-corrected chi connectivity index (χ1v) is 5.16. The molecule has 0 spiro atoms. The maximum atomic E-state index is 8.92. The SMILES string of the molecule is CNCCNc1cccc(Br)c1C#N. The van der Waals surface area contributed by atoms with Gasteiger partial charge in [-0.2, -0.15) is 5.26 Å². The van der Waals surface area contributed by atoms with Crippen molar-refractivity contribution in [2.24, 2.45) is 0 Å². The second kappa shape index (κ2) is 5.63. The fourth-order valence-electron chi connectivity index (χ4n) is 1.11. The number of likely N-dealkylation sites (N-methyl/N-ethyl adjacent to an activating group) is 1. The van der Waals surface area contributed by atoms with Crippen molar-refractivity contribution in [3.63, 3.8) is 0 Å². The number of nitriles is 1. The predicted octanol–water partition coefficient (Wildman–Crippen LogP) is 1.95. The lowest BCUT2D eigenvalue weighted by Gasteiger charge is -2.08. The third-order valence-electron chi connectivity index (χ3n) is 1.82. The molecule has 0 saturated carbocycles. The Bertz CT molecular complexity index is 344. The van der Waals surface area contributed by atoms with E-state index in [1.54, 1.807) is 0 Å². The first-order chi connectivity index (χ1) is 6.79. The number of nitrogens with zero attached hydrogens (tertiary/aromatic N) is 1. The van der Waals surface area contributed by atoms with E-state index in [2.05, 4.69) is 32.6 Å². The van der Waals surface area contributed by atoms with Gasteiger partial charge in [0.1, 0.15) is 6.07 Å². The Hall–Kier alpha value is -1.05. The van der Waals surface area contributed by atoms with Crippen molar-refractivity contribution in [2.75, 3.05) is 25.5 Å². The molecule has 0 amide bonds. The molecule has 0 radical (unpaired) electrons. The van der Waals surface area contributed by atoms with Crippen molar-refractivity contribution in [2.45, 2.75) is 0 Å². The van der Waals surface area contributed by atoms with Crippen LogP contribution in [0.15, 0.2) is 22.7 Å².